The third-order valence-electron chi connectivity index (χ3n) is 3.85. The van der Waals surface area contributed by atoms with Crippen molar-refractivity contribution in [1.82, 2.24) is 0 Å². The molecule has 0 saturated heterocycles. The van der Waals surface area contributed by atoms with Gasteiger partial charge < -0.3 is 9.84 Å². The number of carbonyl (C=O) groups is 2. The predicted octanol–water partition coefficient (Wildman–Crippen LogP) is 5.09. The molecule has 0 rings (SSSR count). The Labute approximate surface area is 135 Å². The molecule has 1 N–H and O–H groups in total. The molecule has 0 aliphatic carbocycles. The van der Waals surface area contributed by atoms with Crippen molar-refractivity contribution in [3.05, 3.63) is 0 Å². The Bertz CT molecular complexity index is 289. The molecule has 0 radical (unpaired) electrons. The van der Waals surface area contributed by atoms with E-state index in [1.807, 2.05) is 6.92 Å². The normalized spacial score (nSPS) is 12.1. The maximum Gasteiger partial charge on any atom is 0.345 e. The van der Waals surface area contributed by atoms with Gasteiger partial charge in [0.25, 0.3) is 0 Å². The molecule has 0 aromatic carbocycles. The van der Waals surface area contributed by atoms with Crippen LogP contribution in [0.1, 0.15) is 97.3 Å². The van der Waals surface area contributed by atoms with Gasteiger partial charge in [-0.05, 0) is 19.3 Å². The molecule has 1 unspecified atom stereocenters. The summed E-state index contributed by atoms with van der Waals surface area (Å²) in [4.78, 5) is 22.6. The van der Waals surface area contributed by atoms with Crippen LogP contribution in [0.3, 0.4) is 0 Å². The van der Waals surface area contributed by atoms with Crippen LogP contribution in [0.5, 0.6) is 0 Å². The van der Waals surface area contributed by atoms with Crippen molar-refractivity contribution in [3.8, 4) is 0 Å². The van der Waals surface area contributed by atoms with E-state index in [0.29, 0.717) is 12.8 Å². The van der Waals surface area contributed by atoms with Crippen LogP contribution in [0.4, 0.5) is 0 Å². The Morgan fingerprint density at radius 3 is 1.82 bits per heavy atom. The van der Waals surface area contributed by atoms with E-state index in [1.165, 1.54) is 38.5 Å². The van der Waals surface area contributed by atoms with Gasteiger partial charge in [0.15, 0.2) is 6.10 Å². The summed E-state index contributed by atoms with van der Waals surface area (Å²) in [7, 11) is 0. The van der Waals surface area contributed by atoms with E-state index in [0.717, 1.165) is 32.1 Å². The number of aliphatic carboxylic acids is 1. The van der Waals surface area contributed by atoms with E-state index >= 15 is 0 Å². The van der Waals surface area contributed by atoms with Crippen LogP contribution in [0, 0.1) is 0 Å². The molecular weight excluding hydrogens is 280 g/mol. The van der Waals surface area contributed by atoms with Crippen molar-refractivity contribution >= 4 is 11.9 Å². The molecule has 130 valence electrons. The highest BCUT2D eigenvalue weighted by atomic mass is 16.6. The van der Waals surface area contributed by atoms with Crippen molar-refractivity contribution < 1.29 is 19.4 Å². The van der Waals surface area contributed by atoms with Gasteiger partial charge >= 0.3 is 11.9 Å². The number of ether oxygens (including phenoxy) is 1. The van der Waals surface area contributed by atoms with Gasteiger partial charge in [0.2, 0.25) is 0 Å². The van der Waals surface area contributed by atoms with Crippen LogP contribution in [0.25, 0.3) is 0 Å². The number of hydrogen-bond acceptors (Lipinski definition) is 3. The molecule has 0 aliphatic rings. The number of carboxylic acid groups (broad SMARTS) is 1. The second-order valence-electron chi connectivity index (χ2n) is 6.04. The van der Waals surface area contributed by atoms with Crippen LogP contribution in [0.15, 0.2) is 0 Å². The minimum absolute atomic E-state index is 0.339. The lowest BCUT2D eigenvalue weighted by atomic mass is 10.1. The van der Waals surface area contributed by atoms with E-state index in [-0.39, 0.29) is 5.97 Å². The Morgan fingerprint density at radius 1 is 0.818 bits per heavy atom. The first-order valence-corrected chi connectivity index (χ1v) is 9.04. The second-order valence-corrected chi connectivity index (χ2v) is 6.04. The largest absolute Gasteiger partial charge is 0.479 e. The standard InChI is InChI=1S/C18H34O4/c1-3-5-7-8-9-10-11-12-13-15-17(19)22-16(18(20)21)14-6-4-2/h16H,3-15H2,1-2H3,(H,20,21). The van der Waals surface area contributed by atoms with E-state index in [2.05, 4.69) is 6.92 Å². The van der Waals surface area contributed by atoms with Crippen LogP contribution in [0.2, 0.25) is 0 Å². The molecule has 0 amide bonds. The summed E-state index contributed by atoms with van der Waals surface area (Å²) in [6.07, 6.45) is 12.2. The number of esters is 1. The zero-order valence-corrected chi connectivity index (χ0v) is 14.4. The van der Waals surface area contributed by atoms with E-state index in [1.54, 1.807) is 0 Å². The summed E-state index contributed by atoms with van der Waals surface area (Å²) in [5, 5.41) is 9.00. The highest BCUT2D eigenvalue weighted by molar-refractivity contribution is 5.77. The van der Waals surface area contributed by atoms with Crippen molar-refractivity contribution in [2.45, 2.75) is 103 Å². The number of hydrogen-bond donors (Lipinski definition) is 1. The molecule has 22 heavy (non-hydrogen) atoms. The summed E-state index contributed by atoms with van der Waals surface area (Å²) in [6, 6.07) is 0. The number of rotatable bonds is 15. The molecule has 0 aliphatic heterocycles. The molecule has 1 atom stereocenters. The molecule has 0 aromatic rings. The fourth-order valence-corrected chi connectivity index (χ4v) is 2.42. The summed E-state index contributed by atoms with van der Waals surface area (Å²) in [5.74, 6) is -1.40. The second kappa shape index (κ2) is 14.9. The van der Waals surface area contributed by atoms with Crippen LogP contribution < -0.4 is 0 Å². The maximum absolute atomic E-state index is 11.6. The molecule has 4 nitrogen and oxygen atoms in total. The zero-order chi connectivity index (χ0) is 16.6. The van der Waals surface area contributed by atoms with Gasteiger partial charge in [-0.25, -0.2) is 4.79 Å². The predicted molar refractivity (Wildman–Crippen MR) is 88.9 cm³/mol. The average Bonchev–Trinajstić information content (AvgIpc) is 2.49. The highest BCUT2D eigenvalue weighted by Gasteiger charge is 2.20. The first-order valence-electron chi connectivity index (χ1n) is 9.04. The number of carboxylic acids is 1. The minimum Gasteiger partial charge on any atom is -0.479 e. The van der Waals surface area contributed by atoms with Gasteiger partial charge in [-0.2, -0.15) is 0 Å². The average molecular weight is 314 g/mol. The maximum atomic E-state index is 11.6. The molecule has 0 bridgehead atoms. The van der Waals surface area contributed by atoms with Gasteiger partial charge in [0, 0.05) is 6.42 Å². The molecular formula is C18H34O4. The lowest BCUT2D eigenvalue weighted by Crippen LogP contribution is -2.26. The molecule has 0 fully saturated rings. The third-order valence-corrected chi connectivity index (χ3v) is 3.85. The van der Waals surface area contributed by atoms with Gasteiger partial charge in [0.1, 0.15) is 0 Å². The van der Waals surface area contributed by atoms with Gasteiger partial charge in [-0.1, -0.05) is 71.6 Å². The van der Waals surface area contributed by atoms with Gasteiger partial charge in [-0.3, -0.25) is 4.79 Å². The minimum atomic E-state index is -1.03. The highest BCUT2D eigenvalue weighted by Crippen LogP contribution is 2.12. The van der Waals surface area contributed by atoms with Crippen molar-refractivity contribution in [2.75, 3.05) is 0 Å². The molecule has 0 heterocycles. The molecule has 4 heteroatoms. The topological polar surface area (TPSA) is 63.6 Å². The summed E-state index contributed by atoms with van der Waals surface area (Å²) < 4.78 is 5.05. The van der Waals surface area contributed by atoms with E-state index in [9.17, 15) is 9.59 Å². The Hall–Kier alpha value is -1.06. The van der Waals surface area contributed by atoms with Crippen molar-refractivity contribution in [3.63, 3.8) is 0 Å². The molecule has 0 spiro atoms. The Balaban J connectivity index is 3.57. The summed E-state index contributed by atoms with van der Waals surface area (Å²) >= 11 is 0. The monoisotopic (exact) mass is 314 g/mol. The van der Waals surface area contributed by atoms with Crippen LogP contribution >= 0.6 is 0 Å². The fraction of sp³-hybridized carbons (Fsp3) is 0.889. The quantitative estimate of drug-likeness (QED) is 0.337. The van der Waals surface area contributed by atoms with Gasteiger partial charge in [0.05, 0.1) is 0 Å². The molecule has 0 saturated carbocycles. The summed E-state index contributed by atoms with van der Waals surface area (Å²) in [5.41, 5.74) is 0. The van der Waals surface area contributed by atoms with E-state index < -0.39 is 12.1 Å². The zero-order valence-electron chi connectivity index (χ0n) is 14.4. The molecule has 0 aromatic heterocycles. The number of carbonyl (C=O) groups excluding carboxylic acids is 1. The van der Waals surface area contributed by atoms with Gasteiger partial charge in [-0.15, -0.1) is 0 Å². The fourth-order valence-electron chi connectivity index (χ4n) is 2.42. The van der Waals surface area contributed by atoms with E-state index in [4.69, 9.17) is 9.84 Å². The first-order chi connectivity index (χ1) is 10.6. The first kappa shape index (κ1) is 20.9. The number of unbranched alkanes of at least 4 members (excludes halogenated alkanes) is 9. The lowest BCUT2D eigenvalue weighted by molar-refractivity contribution is -0.164. The third kappa shape index (κ3) is 12.7. The summed E-state index contributed by atoms with van der Waals surface area (Å²) in [6.45, 7) is 4.21. The van der Waals surface area contributed by atoms with Crippen LogP contribution in [-0.4, -0.2) is 23.1 Å². The SMILES string of the molecule is CCCCCCCCCCCC(=O)OC(CCCC)C(=O)O. The lowest BCUT2D eigenvalue weighted by Gasteiger charge is -2.13. The smallest absolute Gasteiger partial charge is 0.345 e. The Morgan fingerprint density at radius 2 is 1.32 bits per heavy atom. The van der Waals surface area contributed by atoms with Crippen molar-refractivity contribution in [2.24, 2.45) is 0 Å². The Kier molecular flexibility index (Phi) is 14.1. The van der Waals surface area contributed by atoms with Crippen molar-refractivity contribution in [1.29, 1.82) is 0 Å². The van der Waals surface area contributed by atoms with Crippen LogP contribution in [-0.2, 0) is 14.3 Å².